The summed E-state index contributed by atoms with van der Waals surface area (Å²) in [4.78, 5) is 33.1. The number of amides is 1. The number of aromatic nitrogens is 2. The molecule has 6 nitrogen and oxygen atoms in total. The number of nitrogens with one attached hydrogen (secondary N) is 2. The Morgan fingerprint density at radius 2 is 1.76 bits per heavy atom. The van der Waals surface area contributed by atoms with Gasteiger partial charge in [-0.15, -0.1) is 0 Å². The van der Waals surface area contributed by atoms with Crippen molar-refractivity contribution in [3.8, 4) is 0 Å². The summed E-state index contributed by atoms with van der Waals surface area (Å²) < 4.78 is 0. The number of carbonyl (C=O) groups is 2. The second-order valence-corrected chi connectivity index (χ2v) is 13.0. The van der Waals surface area contributed by atoms with Crippen molar-refractivity contribution in [1.29, 1.82) is 0 Å². The number of rotatable bonds is 8. The van der Waals surface area contributed by atoms with Gasteiger partial charge in [0.1, 0.15) is 11.5 Å². The number of aliphatic carboxylic acids is 1. The Balaban J connectivity index is 1.23. The van der Waals surface area contributed by atoms with E-state index in [2.05, 4.69) is 10.3 Å². The van der Waals surface area contributed by atoms with Gasteiger partial charge >= 0.3 is 5.97 Å². The molecular weight excluding hydrogens is 498 g/mol. The predicted octanol–water partition coefficient (Wildman–Crippen LogP) is 7.61. The SMILES string of the molecule is O=C(O)C=Cc1cc(NC(=O)c2nc(C3CCCCC3)[nH]c2CCC23CC4CC(CC(C4)C2)C3)ccc1Cl. The van der Waals surface area contributed by atoms with Crippen LogP contribution in [0, 0.1) is 23.2 Å². The summed E-state index contributed by atoms with van der Waals surface area (Å²) in [7, 11) is 0. The minimum Gasteiger partial charge on any atom is -0.478 e. The lowest BCUT2D eigenvalue weighted by atomic mass is 9.48. The van der Waals surface area contributed by atoms with Crippen molar-refractivity contribution in [2.75, 3.05) is 5.32 Å². The van der Waals surface area contributed by atoms with E-state index >= 15 is 0 Å². The number of hydrogen-bond acceptors (Lipinski definition) is 3. The molecule has 202 valence electrons. The first-order valence-corrected chi connectivity index (χ1v) is 14.8. The van der Waals surface area contributed by atoms with E-state index in [4.69, 9.17) is 21.7 Å². The molecule has 0 spiro atoms. The number of hydrogen-bond donors (Lipinski definition) is 3. The molecule has 3 N–H and O–H groups in total. The first-order chi connectivity index (χ1) is 18.4. The predicted molar refractivity (Wildman–Crippen MR) is 149 cm³/mol. The minimum atomic E-state index is -1.05. The second kappa shape index (κ2) is 10.5. The Bertz CT molecular complexity index is 1210. The number of benzene rings is 1. The van der Waals surface area contributed by atoms with Gasteiger partial charge in [0.05, 0.1) is 0 Å². The molecule has 0 atom stereocenters. The number of carbonyl (C=O) groups excluding carboxylic acids is 1. The highest BCUT2D eigenvalue weighted by Crippen LogP contribution is 2.61. The highest BCUT2D eigenvalue weighted by atomic mass is 35.5. The maximum atomic E-state index is 13.6. The fourth-order valence-corrected chi connectivity index (χ4v) is 8.64. The molecule has 7 heteroatoms. The van der Waals surface area contributed by atoms with E-state index < -0.39 is 5.97 Å². The van der Waals surface area contributed by atoms with Crippen LogP contribution in [0.2, 0.25) is 5.02 Å². The van der Waals surface area contributed by atoms with Crippen LogP contribution in [0.15, 0.2) is 24.3 Å². The zero-order valence-corrected chi connectivity index (χ0v) is 22.7. The number of carboxylic acids is 1. The van der Waals surface area contributed by atoms with Gasteiger partial charge in [-0.25, -0.2) is 9.78 Å². The summed E-state index contributed by atoms with van der Waals surface area (Å²) in [6.45, 7) is 0. The molecule has 0 radical (unpaired) electrons. The first-order valence-electron chi connectivity index (χ1n) is 14.5. The lowest BCUT2D eigenvalue weighted by molar-refractivity contribution is -0.131. The number of aryl methyl sites for hydroxylation is 1. The van der Waals surface area contributed by atoms with Crippen molar-refractivity contribution >= 4 is 35.2 Å². The molecule has 0 unspecified atom stereocenters. The monoisotopic (exact) mass is 535 g/mol. The molecule has 2 aromatic rings. The molecule has 4 bridgehead atoms. The van der Waals surface area contributed by atoms with Crippen molar-refractivity contribution in [3.05, 3.63) is 52.1 Å². The van der Waals surface area contributed by atoms with Gasteiger partial charge in [0.25, 0.3) is 5.91 Å². The van der Waals surface area contributed by atoms with Crippen molar-refractivity contribution in [2.45, 2.75) is 89.4 Å². The lowest BCUT2D eigenvalue weighted by Crippen LogP contribution is -2.46. The molecule has 5 aliphatic carbocycles. The summed E-state index contributed by atoms with van der Waals surface area (Å²) in [5.41, 5.74) is 3.03. The van der Waals surface area contributed by atoms with Crippen LogP contribution in [-0.4, -0.2) is 27.0 Å². The topological polar surface area (TPSA) is 95.1 Å². The summed E-state index contributed by atoms with van der Waals surface area (Å²) >= 11 is 6.24. The number of carboxylic acid groups (broad SMARTS) is 1. The summed E-state index contributed by atoms with van der Waals surface area (Å²) in [6.07, 6.45) is 18.8. The maximum Gasteiger partial charge on any atom is 0.328 e. The average molecular weight is 536 g/mol. The molecule has 5 saturated carbocycles. The molecule has 38 heavy (non-hydrogen) atoms. The van der Waals surface area contributed by atoms with Crippen molar-refractivity contribution in [1.82, 2.24) is 9.97 Å². The number of nitrogens with zero attached hydrogens (tertiary/aromatic N) is 1. The molecule has 5 aliphatic rings. The fourth-order valence-electron chi connectivity index (χ4n) is 8.45. The van der Waals surface area contributed by atoms with Gasteiger partial charge in [-0.3, -0.25) is 4.79 Å². The van der Waals surface area contributed by atoms with Gasteiger partial charge in [0, 0.05) is 28.4 Å². The van der Waals surface area contributed by atoms with E-state index in [0.29, 0.717) is 33.3 Å². The summed E-state index contributed by atoms with van der Waals surface area (Å²) in [6, 6.07) is 5.11. The van der Waals surface area contributed by atoms with E-state index in [0.717, 1.165) is 61.0 Å². The van der Waals surface area contributed by atoms with Gasteiger partial charge in [-0.05, 0) is 117 Å². The van der Waals surface area contributed by atoms with Gasteiger partial charge in [0.15, 0.2) is 0 Å². The number of halogens is 1. The zero-order chi connectivity index (χ0) is 26.3. The van der Waals surface area contributed by atoms with Crippen molar-refractivity contribution < 1.29 is 14.7 Å². The quantitative estimate of drug-likeness (QED) is 0.303. The Kier molecular flexibility index (Phi) is 7.10. The van der Waals surface area contributed by atoms with Gasteiger partial charge in [0.2, 0.25) is 0 Å². The normalized spacial score (nSPS) is 28.7. The standard InChI is InChI=1S/C31H38ClN3O3/c32-25-8-7-24(15-23(25)6-9-27(36)37)33-30(38)28-26(34-29(35-28)22-4-2-1-3-5-22)10-11-31-16-19-12-20(17-31)14-21(13-19)18-31/h6-9,15,19-22H,1-5,10-14,16-18H2,(H,33,38)(H,34,35)(H,36,37). The fraction of sp³-hybridized carbons (Fsp3) is 0.581. The van der Waals surface area contributed by atoms with Crippen molar-refractivity contribution in [3.63, 3.8) is 0 Å². The van der Waals surface area contributed by atoms with E-state index in [9.17, 15) is 9.59 Å². The Morgan fingerprint density at radius 1 is 1.08 bits per heavy atom. The number of aromatic amines is 1. The first kappa shape index (κ1) is 25.7. The third-order valence-corrected chi connectivity index (χ3v) is 10.1. The van der Waals surface area contributed by atoms with Crippen LogP contribution >= 0.6 is 11.6 Å². The molecule has 1 amide bonds. The van der Waals surface area contributed by atoms with E-state index in [1.807, 2.05) is 0 Å². The molecule has 1 aromatic carbocycles. The minimum absolute atomic E-state index is 0.223. The summed E-state index contributed by atoms with van der Waals surface area (Å²) in [5.74, 6) is 2.84. The van der Waals surface area contributed by atoms with E-state index in [1.165, 1.54) is 63.9 Å². The van der Waals surface area contributed by atoms with E-state index in [-0.39, 0.29) is 5.91 Å². The van der Waals surface area contributed by atoms with Gasteiger partial charge in [-0.1, -0.05) is 30.9 Å². The van der Waals surface area contributed by atoms with Crippen LogP contribution in [0.25, 0.3) is 6.08 Å². The molecule has 1 heterocycles. The highest BCUT2D eigenvalue weighted by molar-refractivity contribution is 6.32. The largest absolute Gasteiger partial charge is 0.478 e. The smallest absolute Gasteiger partial charge is 0.328 e. The third kappa shape index (κ3) is 5.42. The van der Waals surface area contributed by atoms with Crippen LogP contribution < -0.4 is 5.32 Å². The highest BCUT2D eigenvalue weighted by Gasteiger charge is 2.50. The summed E-state index contributed by atoms with van der Waals surface area (Å²) in [5, 5.41) is 12.4. The average Bonchev–Trinajstić information content (AvgIpc) is 3.32. The Labute approximate surface area is 229 Å². The van der Waals surface area contributed by atoms with Gasteiger partial charge in [-0.2, -0.15) is 0 Å². The second-order valence-electron chi connectivity index (χ2n) is 12.6. The van der Waals surface area contributed by atoms with Crippen LogP contribution in [-0.2, 0) is 11.2 Å². The van der Waals surface area contributed by atoms with Crippen LogP contribution in [0.4, 0.5) is 5.69 Å². The number of anilines is 1. The molecule has 5 fully saturated rings. The zero-order valence-electron chi connectivity index (χ0n) is 22.0. The molecule has 0 saturated heterocycles. The molecule has 7 rings (SSSR count). The Morgan fingerprint density at radius 3 is 2.42 bits per heavy atom. The van der Waals surface area contributed by atoms with Crippen LogP contribution in [0.3, 0.4) is 0 Å². The Hall–Kier alpha value is -2.60. The molecule has 1 aromatic heterocycles. The van der Waals surface area contributed by atoms with Crippen LogP contribution in [0.1, 0.15) is 111 Å². The van der Waals surface area contributed by atoms with Gasteiger partial charge < -0.3 is 15.4 Å². The number of imidazole rings is 1. The van der Waals surface area contributed by atoms with Crippen LogP contribution in [0.5, 0.6) is 0 Å². The van der Waals surface area contributed by atoms with Crippen molar-refractivity contribution in [2.24, 2.45) is 23.2 Å². The maximum absolute atomic E-state index is 13.6. The third-order valence-electron chi connectivity index (χ3n) is 9.73. The lowest BCUT2D eigenvalue weighted by Gasteiger charge is -2.57. The molecular formula is C31H38ClN3O3. The number of H-pyrrole nitrogens is 1. The molecule has 0 aliphatic heterocycles. The van der Waals surface area contributed by atoms with E-state index in [1.54, 1.807) is 18.2 Å².